The molecule has 0 spiro atoms. The Bertz CT molecular complexity index is 359. The summed E-state index contributed by atoms with van der Waals surface area (Å²) in [6.07, 6.45) is 7.57. The molecule has 0 amide bonds. The summed E-state index contributed by atoms with van der Waals surface area (Å²) in [5.41, 5.74) is 1.40. The van der Waals surface area contributed by atoms with Gasteiger partial charge in [-0.2, -0.15) is 0 Å². The van der Waals surface area contributed by atoms with E-state index in [4.69, 9.17) is 9.47 Å². The molecule has 2 nitrogen and oxygen atoms in total. The molecule has 0 aliphatic carbocycles. The minimum absolute atomic E-state index is 0.488. The van der Waals surface area contributed by atoms with Crippen LogP contribution in [0.4, 0.5) is 0 Å². The van der Waals surface area contributed by atoms with Crippen molar-refractivity contribution in [2.75, 3.05) is 13.7 Å². The van der Waals surface area contributed by atoms with E-state index in [0.717, 1.165) is 13.0 Å². The number of hydrogen-bond acceptors (Lipinski definition) is 2. The lowest BCUT2D eigenvalue weighted by Crippen LogP contribution is -2.30. The molecule has 0 N–H and O–H groups in total. The third-order valence-corrected chi connectivity index (χ3v) is 3.99. The van der Waals surface area contributed by atoms with Gasteiger partial charge in [-0.05, 0) is 38.2 Å². The van der Waals surface area contributed by atoms with E-state index in [1.165, 1.54) is 37.7 Å². The Morgan fingerprint density at radius 1 is 1.05 bits per heavy atom. The second-order valence-electron chi connectivity index (χ2n) is 6.32. The predicted octanol–water partition coefficient (Wildman–Crippen LogP) is 5.21. The molecule has 0 bridgehead atoms. The summed E-state index contributed by atoms with van der Waals surface area (Å²) in [6, 6.07) is 10.7. The second kappa shape index (κ2) is 9.97. The molecule has 1 aromatic rings. The highest BCUT2D eigenvalue weighted by Crippen LogP contribution is 2.20. The van der Waals surface area contributed by atoms with Crippen LogP contribution in [0, 0.1) is 5.92 Å². The van der Waals surface area contributed by atoms with Gasteiger partial charge < -0.3 is 9.47 Å². The third-order valence-electron chi connectivity index (χ3n) is 3.99. The van der Waals surface area contributed by atoms with Crippen LogP contribution >= 0.6 is 0 Å². The Morgan fingerprint density at radius 3 is 2.38 bits per heavy atom. The summed E-state index contributed by atoms with van der Waals surface area (Å²) in [5, 5.41) is 0. The number of ether oxygens (including phenoxy) is 2. The van der Waals surface area contributed by atoms with E-state index < -0.39 is 5.79 Å². The Balaban J connectivity index is 2.48. The zero-order valence-electron chi connectivity index (χ0n) is 14.2. The van der Waals surface area contributed by atoms with E-state index in [9.17, 15) is 0 Å². The van der Waals surface area contributed by atoms with E-state index in [1.54, 1.807) is 7.11 Å². The van der Waals surface area contributed by atoms with Gasteiger partial charge in [0.05, 0.1) is 6.61 Å². The number of unbranched alkanes of at least 4 members (excludes halogenated alkanes) is 3. The van der Waals surface area contributed by atoms with Crippen LogP contribution < -0.4 is 0 Å². The summed E-state index contributed by atoms with van der Waals surface area (Å²) in [6.45, 7) is 6.97. The molecule has 0 aliphatic heterocycles. The molecule has 0 radical (unpaired) electrons. The molecule has 0 aromatic heterocycles. The third kappa shape index (κ3) is 8.23. The van der Waals surface area contributed by atoms with E-state index >= 15 is 0 Å². The van der Waals surface area contributed by atoms with Crippen molar-refractivity contribution in [3.8, 4) is 0 Å². The van der Waals surface area contributed by atoms with Crippen LogP contribution in [0.2, 0.25) is 0 Å². The Kier molecular flexibility index (Phi) is 8.63. The fourth-order valence-electron chi connectivity index (χ4n) is 2.43. The Labute approximate surface area is 130 Å². The maximum absolute atomic E-state index is 5.95. The molecule has 120 valence electrons. The number of hydrogen-bond donors (Lipinski definition) is 0. The minimum atomic E-state index is -0.488. The molecule has 1 aromatic carbocycles. The molecule has 1 rings (SSSR count). The van der Waals surface area contributed by atoms with E-state index in [0.29, 0.717) is 5.92 Å². The fraction of sp³-hybridized carbons (Fsp3) is 0.684. The summed E-state index contributed by atoms with van der Waals surface area (Å²) in [7, 11) is 1.70. The molecular formula is C19H32O2. The Hall–Kier alpha value is -0.860. The maximum atomic E-state index is 5.95. The highest BCUT2D eigenvalue weighted by molar-refractivity contribution is 5.15. The van der Waals surface area contributed by atoms with Crippen molar-refractivity contribution in [1.29, 1.82) is 0 Å². The van der Waals surface area contributed by atoms with Crippen LogP contribution in [-0.4, -0.2) is 19.5 Å². The number of methoxy groups -OCH3 is 1. The standard InChI is InChI=1S/C19H32O2/c1-5-6-7-9-14-18(16-21-19(2,3)20-4)15-17-12-10-8-11-13-17/h8,10-13,18H,5-7,9,14-16H2,1-4H3/t18-/m0/s1. The van der Waals surface area contributed by atoms with Gasteiger partial charge in [-0.25, -0.2) is 0 Å². The number of rotatable bonds is 11. The molecule has 21 heavy (non-hydrogen) atoms. The first-order valence-corrected chi connectivity index (χ1v) is 8.30. The zero-order valence-corrected chi connectivity index (χ0v) is 14.2. The molecule has 2 heteroatoms. The molecule has 0 fully saturated rings. The van der Waals surface area contributed by atoms with Crippen LogP contribution in [0.15, 0.2) is 30.3 Å². The predicted molar refractivity (Wildman–Crippen MR) is 89.4 cm³/mol. The van der Waals surface area contributed by atoms with E-state index in [-0.39, 0.29) is 0 Å². The molecule has 0 aliphatic rings. The van der Waals surface area contributed by atoms with Crippen molar-refractivity contribution < 1.29 is 9.47 Å². The van der Waals surface area contributed by atoms with Crippen molar-refractivity contribution >= 4 is 0 Å². The van der Waals surface area contributed by atoms with Crippen LogP contribution in [0.1, 0.15) is 58.4 Å². The summed E-state index contributed by atoms with van der Waals surface area (Å²) in [4.78, 5) is 0. The van der Waals surface area contributed by atoms with Crippen molar-refractivity contribution in [2.45, 2.75) is 65.1 Å². The van der Waals surface area contributed by atoms with E-state index in [2.05, 4.69) is 37.3 Å². The molecule has 0 unspecified atom stereocenters. The van der Waals surface area contributed by atoms with Crippen molar-refractivity contribution in [3.63, 3.8) is 0 Å². The van der Waals surface area contributed by atoms with Gasteiger partial charge in [0.15, 0.2) is 5.79 Å². The molecule has 0 saturated carbocycles. The first kappa shape index (κ1) is 18.2. The lowest BCUT2D eigenvalue weighted by Gasteiger charge is -2.27. The smallest absolute Gasteiger partial charge is 0.162 e. The molecule has 1 atom stereocenters. The van der Waals surface area contributed by atoms with Gasteiger partial charge in [0.1, 0.15) is 0 Å². The van der Waals surface area contributed by atoms with Gasteiger partial charge in [-0.15, -0.1) is 0 Å². The van der Waals surface area contributed by atoms with Crippen molar-refractivity contribution in [1.82, 2.24) is 0 Å². The van der Waals surface area contributed by atoms with Crippen LogP contribution in [0.25, 0.3) is 0 Å². The zero-order chi connectivity index (χ0) is 15.6. The number of benzene rings is 1. The summed E-state index contributed by atoms with van der Waals surface area (Å²) >= 11 is 0. The Morgan fingerprint density at radius 2 is 1.76 bits per heavy atom. The largest absolute Gasteiger partial charge is 0.354 e. The van der Waals surface area contributed by atoms with Crippen LogP contribution in [0.5, 0.6) is 0 Å². The normalized spacial score (nSPS) is 13.3. The van der Waals surface area contributed by atoms with Gasteiger partial charge in [0.25, 0.3) is 0 Å². The van der Waals surface area contributed by atoms with Gasteiger partial charge in [-0.3, -0.25) is 0 Å². The van der Waals surface area contributed by atoms with Gasteiger partial charge in [-0.1, -0.05) is 62.9 Å². The van der Waals surface area contributed by atoms with Crippen LogP contribution in [-0.2, 0) is 15.9 Å². The van der Waals surface area contributed by atoms with Crippen LogP contribution in [0.3, 0.4) is 0 Å². The highest BCUT2D eigenvalue weighted by atomic mass is 16.7. The average Bonchev–Trinajstić information content (AvgIpc) is 2.50. The highest BCUT2D eigenvalue weighted by Gasteiger charge is 2.19. The summed E-state index contributed by atoms with van der Waals surface area (Å²) in [5.74, 6) is 0.0805. The quantitative estimate of drug-likeness (QED) is 0.411. The molecule has 0 saturated heterocycles. The van der Waals surface area contributed by atoms with Crippen molar-refractivity contribution in [3.05, 3.63) is 35.9 Å². The van der Waals surface area contributed by atoms with Crippen molar-refractivity contribution in [2.24, 2.45) is 5.92 Å². The molecule has 0 heterocycles. The first-order valence-electron chi connectivity index (χ1n) is 8.30. The average molecular weight is 292 g/mol. The fourth-order valence-corrected chi connectivity index (χ4v) is 2.43. The van der Waals surface area contributed by atoms with Gasteiger partial charge in [0.2, 0.25) is 0 Å². The lowest BCUT2D eigenvalue weighted by molar-refractivity contribution is -0.203. The second-order valence-corrected chi connectivity index (χ2v) is 6.32. The summed E-state index contributed by atoms with van der Waals surface area (Å²) < 4.78 is 11.3. The monoisotopic (exact) mass is 292 g/mol. The SMILES string of the molecule is CCCCCC[C@H](COC(C)(C)OC)Cc1ccccc1. The lowest BCUT2D eigenvalue weighted by atomic mass is 9.94. The molecular weight excluding hydrogens is 260 g/mol. The van der Waals surface area contributed by atoms with Gasteiger partial charge >= 0.3 is 0 Å². The van der Waals surface area contributed by atoms with E-state index in [1.807, 2.05) is 13.8 Å². The van der Waals surface area contributed by atoms with Gasteiger partial charge in [0, 0.05) is 7.11 Å². The first-order chi connectivity index (χ1) is 10.1. The maximum Gasteiger partial charge on any atom is 0.162 e. The minimum Gasteiger partial charge on any atom is -0.354 e. The topological polar surface area (TPSA) is 18.5 Å².